The number of rotatable bonds is 8. The van der Waals surface area contributed by atoms with Crippen LogP contribution in [0, 0.1) is 5.92 Å². The number of hydrogen-bond donors (Lipinski definition) is 3. The normalized spacial score (nSPS) is 13.0. The predicted molar refractivity (Wildman–Crippen MR) is 108 cm³/mol. The van der Waals surface area contributed by atoms with E-state index in [1.54, 1.807) is 43.5 Å². The highest BCUT2D eigenvalue weighted by Crippen LogP contribution is 2.30. The van der Waals surface area contributed by atoms with Gasteiger partial charge in [0.15, 0.2) is 0 Å². The maximum Gasteiger partial charge on any atom is 0.227 e. The molecule has 0 bridgehead atoms. The van der Waals surface area contributed by atoms with E-state index in [1.165, 1.54) is 0 Å². The van der Waals surface area contributed by atoms with Gasteiger partial charge in [0.1, 0.15) is 5.75 Å². The zero-order valence-electron chi connectivity index (χ0n) is 15.0. The summed E-state index contributed by atoms with van der Waals surface area (Å²) in [6.45, 7) is 0.431. The minimum atomic E-state index is -0.130. The topological polar surface area (TPSA) is 79.5 Å². The van der Waals surface area contributed by atoms with Gasteiger partial charge in [-0.2, -0.15) is 0 Å². The number of carbonyl (C=O) groups is 2. The summed E-state index contributed by atoms with van der Waals surface area (Å²) < 4.78 is 5.26. The van der Waals surface area contributed by atoms with Gasteiger partial charge in [0.25, 0.3) is 0 Å². The van der Waals surface area contributed by atoms with Crippen LogP contribution in [0.5, 0.6) is 5.75 Å². The zero-order valence-corrected chi connectivity index (χ0v) is 15.8. The second-order valence-corrected chi connectivity index (χ2v) is 6.85. The lowest BCUT2D eigenvalue weighted by Crippen LogP contribution is -2.17. The molecule has 0 radical (unpaired) electrons. The van der Waals surface area contributed by atoms with Crippen LogP contribution < -0.4 is 20.7 Å². The van der Waals surface area contributed by atoms with Crippen molar-refractivity contribution >= 4 is 40.5 Å². The Morgan fingerprint density at radius 1 is 1.11 bits per heavy atom. The van der Waals surface area contributed by atoms with Crippen LogP contribution in [0.4, 0.5) is 17.1 Å². The fourth-order valence-electron chi connectivity index (χ4n) is 2.62. The van der Waals surface area contributed by atoms with Crippen molar-refractivity contribution in [1.82, 2.24) is 0 Å². The fourth-order valence-corrected chi connectivity index (χ4v) is 2.79. The summed E-state index contributed by atoms with van der Waals surface area (Å²) in [4.78, 5) is 24.0. The number of carbonyl (C=O) groups excluding carboxylic acids is 2. The first-order valence-electron chi connectivity index (χ1n) is 8.83. The van der Waals surface area contributed by atoms with Crippen molar-refractivity contribution in [3.8, 4) is 5.75 Å². The number of nitrogens with one attached hydrogen (secondary N) is 3. The highest BCUT2D eigenvalue weighted by atomic mass is 35.5. The van der Waals surface area contributed by atoms with Crippen LogP contribution in [0.3, 0.4) is 0 Å². The molecule has 2 amide bonds. The standard InChI is InChI=1S/C20H22ClN3O3/c1-27-18-8-7-14(21)11-17(18)22-10-9-19(25)23-15-3-2-4-16(12-15)24-20(26)13-5-6-13/h2-4,7-8,11-13,22H,5-6,9-10H2,1H3,(H,23,25)(H,24,26). The van der Waals surface area contributed by atoms with Crippen molar-refractivity contribution in [3.63, 3.8) is 0 Å². The van der Waals surface area contributed by atoms with Crippen LogP contribution in [0.15, 0.2) is 42.5 Å². The molecule has 1 saturated carbocycles. The molecule has 0 heterocycles. The molecule has 2 aromatic carbocycles. The maximum atomic E-state index is 12.2. The summed E-state index contributed by atoms with van der Waals surface area (Å²) in [5, 5.41) is 9.45. The molecule has 0 unspecified atom stereocenters. The molecule has 6 nitrogen and oxygen atoms in total. The number of amides is 2. The fraction of sp³-hybridized carbons (Fsp3) is 0.300. The molecular weight excluding hydrogens is 366 g/mol. The summed E-state index contributed by atoms with van der Waals surface area (Å²) in [6.07, 6.45) is 2.17. The molecular formula is C20H22ClN3O3. The van der Waals surface area contributed by atoms with Crippen LogP contribution in [0.25, 0.3) is 0 Å². The molecule has 2 aromatic rings. The summed E-state index contributed by atoms with van der Waals surface area (Å²) in [6, 6.07) is 12.4. The van der Waals surface area contributed by atoms with Crippen LogP contribution >= 0.6 is 11.6 Å². The third-order valence-corrected chi connectivity index (χ3v) is 4.43. The Morgan fingerprint density at radius 3 is 2.56 bits per heavy atom. The van der Waals surface area contributed by atoms with E-state index in [2.05, 4.69) is 16.0 Å². The van der Waals surface area contributed by atoms with Gasteiger partial charge in [0, 0.05) is 35.3 Å². The van der Waals surface area contributed by atoms with E-state index in [0.717, 1.165) is 18.5 Å². The van der Waals surface area contributed by atoms with Crippen molar-refractivity contribution in [2.45, 2.75) is 19.3 Å². The van der Waals surface area contributed by atoms with E-state index in [4.69, 9.17) is 16.3 Å². The van der Waals surface area contributed by atoms with Crippen LogP contribution in [-0.2, 0) is 9.59 Å². The van der Waals surface area contributed by atoms with Crippen LogP contribution in [0.1, 0.15) is 19.3 Å². The average Bonchev–Trinajstić information content (AvgIpc) is 3.47. The van der Waals surface area contributed by atoms with E-state index in [-0.39, 0.29) is 24.2 Å². The van der Waals surface area contributed by atoms with Crippen molar-refractivity contribution in [1.29, 1.82) is 0 Å². The number of anilines is 3. The van der Waals surface area contributed by atoms with Crippen molar-refractivity contribution in [3.05, 3.63) is 47.5 Å². The molecule has 3 N–H and O–H groups in total. The maximum absolute atomic E-state index is 12.2. The molecule has 0 saturated heterocycles. The first kappa shape index (κ1) is 19.0. The quantitative estimate of drug-likeness (QED) is 0.636. The number of ether oxygens (including phenoxy) is 1. The Labute approximate surface area is 163 Å². The molecule has 7 heteroatoms. The monoisotopic (exact) mass is 387 g/mol. The van der Waals surface area contributed by atoms with Gasteiger partial charge in [-0.05, 0) is 49.2 Å². The largest absolute Gasteiger partial charge is 0.495 e. The Kier molecular flexibility index (Phi) is 6.19. The van der Waals surface area contributed by atoms with E-state index in [1.807, 2.05) is 6.07 Å². The predicted octanol–water partition coefficient (Wildman–Crippen LogP) is 4.14. The number of halogens is 1. The lowest BCUT2D eigenvalue weighted by molar-refractivity contribution is -0.117. The molecule has 0 aromatic heterocycles. The summed E-state index contributed by atoms with van der Waals surface area (Å²) >= 11 is 5.99. The minimum absolute atomic E-state index is 0.0399. The third kappa shape index (κ3) is 5.62. The Balaban J connectivity index is 1.49. The van der Waals surface area contributed by atoms with Gasteiger partial charge in [-0.3, -0.25) is 9.59 Å². The molecule has 0 spiro atoms. The molecule has 27 heavy (non-hydrogen) atoms. The number of hydrogen-bond acceptors (Lipinski definition) is 4. The van der Waals surface area contributed by atoms with Gasteiger partial charge < -0.3 is 20.7 Å². The first-order valence-corrected chi connectivity index (χ1v) is 9.21. The Morgan fingerprint density at radius 2 is 1.85 bits per heavy atom. The average molecular weight is 388 g/mol. The minimum Gasteiger partial charge on any atom is -0.495 e. The van der Waals surface area contributed by atoms with E-state index >= 15 is 0 Å². The molecule has 1 aliphatic rings. The van der Waals surface area contributed by atoms with Gasteiger partial charge in [-0.25, -0.2) is 0 Å². The van der Waals surface area contributed by atoms with Gasteiger partial charge in [0.2, 0.25) is 11.8 Å². The zero-order chi connectivity index (χ0) is 19.2. The van der Waals surface area contributed by atoms with Crippen LogP contribution in [-0.4, -0.2) is 25.5 Å². The Bertz CT molecular complexity index is 837. The summed E-state index contributed by atoms with van der Waals surface area (Å²) in [5.74, 6) is 0.712. The van der Waals surface area contributed by atoms with Crippen molar-refractivity contribution < 1.29 is 14.3 Å². The Hall–Kier alpha value is -2.73. The number of methoxy groups -OCH3 is 1. The molecule has 142 valence electrons. The highest BCUT2D eigenvalue weighted by molar-refractivity contribution is 6.30. The SMILES string of the molecule is COc1ccc(Cl)cc1NCCC(=O)Nc1cccc(NC(=O)C2CC2)c1. The van der Waals surface area contributed by atoms with E-state index < -0.39 is 0 Å². The van der Waals surface area contributed by atoms with E-state index in [0.29, 0.717) is 28.7 Å². The lowest BCUT2D eigenvalue weighted by atomic mass is 10.2. The smallest absolute Gasteiger partial charge is 0.227 e. The summed E-state index contributed by atoms with van der Waals surface area (Å²) in [7, 11) is 1.58. The molecule has 3 rings (SSSR count). The second kappa shape index (κ2) is 8.77. The second-order valence-electron chi connectivity index (χ2n) is 6.41. The van der Waals surface area contributed by atoms with Gasteiger partial charge in [-0.1, -0.05) is 17.7 Å². The first-order chi connectivity index (χ1) is 13.0. The van der Waals surface area contributed by atoms with Gasteiger partial charge >= 0.3 is 0 Å². The summed E-state index contributed by atoms with van der Waals surface area (Å²) in [5.41, 5.74) is 2.07. The van der Waals surface area contributed by atoms with Crippen molar-refractivity contribution in [2.75, 3.05) is 29.6 Å². The lowest BCUT2D eigenvalue weighted by Gasteiger charge is -2.12. The van der Waals surface area contributed by atoms with Gasteiger partial charge in [-0.15, -0.1) is 0 Å². The molecule has 1 aliphatic carbocycles. The number of benzene rings is 2. The van der Waals surface area contributed by atoms with Gasteiger partial charge in [0.05, 0.1) is 12.8 Å². The molecule has 1 fully saturated rings. The van der Waals surface area contributed by atoms with E-state index in [9.17, 15) is 9.59 Å². The van der Waals surface area contributed by atoms with Crippen LogP contribution in [0.2, 0.25) is 5.02 Å². The molecule has 0 atom stereocenters. The molecule has 0 aliphatic heterocycles. The van der Waals surface area contributed by atoms with Crippen molar-refractivity contribution in [2.24, 2.45) is 5.92 Å². The third-order valence-electron chi connectivity index (χ3n) is 4.19. The highest BCUT2D eigenvalue weighted by Gasteiger charge is 2.29.